The number of aryl methyl sites for hydroxylation is 1. The maximum atomic E-state index is 13.1. The van der Waals surface area contributed by atoms with Crippen LogP contribution < -0.4 is 5.32 Å². The Balaban J connectivity index is 1.76. The summed E-state index contributed by atoms with van der Waals surface area (Å²) in [5.41, 5.74) is 3.10. The summed E-state index contributed by atoms with van der Waals surface area (Å²) in [6.45, 7) is 7.43. The van der Waals surface area contributed by atoms with Gasteiger partial charge in [0.2, 0.25) is 11.8 Å². The Bertz CT molecular complexity index is 863. The van der Waals surface area contributed by atoms with Gasteiger partial charge in [-0.3, -0.25) is 9.59 Å². The van der Waals surface area contributed by atoms with Crippen molar-refractivity contribution >= 4 is 11.8 Å². The lowest BCUT2D eigenvalue weighted by Crippen LogP contribution is -2.35. The quantitative estimate of drug-likeness (QED) is 0.801. The van der Waals surface area contributed by atoms with Gasteiger partial charge in [-0.1, -0.05) is 50.2 Å². The van der Waals surface area contributed by atoms with Crippen molar-refractivity contribution in [1.82, 2.24) is 10.2 Å². The van der Waals surface area contributed by atoms with Gasteiger partial charge < -0.3 is 10.2 Å². The summed E-state index contributed by atoms with van der Waals surface area (Å²) in [5, 5.41) is 2.98. The fourth-order valence-electron chi connectivity index (χ4n) is 3.99. The predicted molar refractivity (Wildman–Crippen MR) is 112 cm³/mol. The average Bonchev–Trinajstić information content (AvgIpc) is 3.12. The minimum absolute atomic E-state index is 0.0273. The van der Waals surface area contributed by atoms with Crippen LogP contribution in [0.2, 0.25) is 0 Å². The first-order chi connectivity index (χ1) is 13.8. The molecule has 0 radical (unpaired) electrons. The summed E-state index contributed by atoms with van der Waals surface area (Å²) >= 11 is 0. The smallest absolute Gasteiger partial charge is 0.225 e. The molecule has 2 aromatic carbocycles. The van der Waals surface area contributed by atoms with Crippen molar-refractivity contribution in [3.63, 3.8) is 0 Å². The number of hydrogen-bond acceptors (Lipinski definition) is 2. The molecule has 0 spiro atoms. The van der Waals surface area contributed by atoms with Crippen LogP contribution >= 0.6 is 0 Å². The summed E-state index contributed by atoms with van der Waals surface area (Å²) < 4.78 is 13.1. The lowest BCUT2D eigenvalue weighted by molar-refractivity contribution is -0.131. The third kappa shape index (κ3) is 5.22. The molecule has 29 heavy (non-hydrogen) atoms. The Kier molecular flexibility index (Phi) is 6.68. The van der Waals surface area contributed by atoms with Crippen LogP contribution in [0.5, 0.6) is 0 Å². The lowest BCUT2D eigenvalue weighted by atomic mass is 9.86. The molecule has 0 bridgehead atoms. The molecule has 1 fully saturated rings. The van der Waals surface area contributed by atoms with Crippen molar-refractivity contribution in [3.05, 3.63) is 71.0 Å². The van der Waals surface area contributed by atoms with Crippen LogP contribution in [-0.2, 0) is 16.1 Å². The molecule has 1 N–H and O–H groups in total. The van der Waals surface area contributed by atoms with E-state index in [1.165, 1.54) is 12.1 Å². The largest absolute Gasteiger partial charge is 0.352 e. The molecule has 0 unspecified atom stereocenters. The summed E-state index contributed by atoms with van der Waals surface area (Å²) in [6.07, 6.45) is 0.490. The van der Waals surface area contributed by atoms with Crippen LogP contribution in [0.15, 0.2) is 48.5 Å². The van der Waals surface area contributed by atoms with E-state index in [0.717, 1.165) is 16.7 Å². The number of benzene rings is 2. The molecule has 2 aromatic rings. The Morgan fingerprint density at radius 3 is 2.45 bits per heavy atom. The Morgan fingerprint density at radius 2 is 1.79 bits per heavy atom. The monoisotopic (exact) mass is 396 g/mol. The molecule has 2 atom stereocenters. The zero-order valence-electron chi connectivity index (χ0n) is 17.3. The normalized spacial score (nSPS) is 18.9. The number of nitrogens with zero attached hydrogens (tertiary/aromatic N) is 1. The van der Waals surface area contributed by atoms with E-state index in [0.29, 0.717) is 26.1 Å². The van der Waals surface area contributed by atoms with E-state index in [9.17, 15) is 14.0 Å². The second-order valence-electron chi connectivity index (χ2n) is 8.31. The maximum absolute atomic E-state index is 13.1. The molecule has 154 valence electrons. The number of rotatable bonds is 6. The topological polar surface area (TPSA) is 49.4 Å². The lowest BCUT2D eigenvalue weighted by Gasteiger charge is -2.20. The molecule has 3 rings (SSSR count). The minimum Gasteiger partial charge on any atom is -0.352 e. The van der Waals surface area contributed by atoms with Gasteiger partial charge in [0.25, 0.3) is 0 Å². The molecular weight excluding hydrogens is 367 g/mol. The maximum Gasteiger partial charge on any atom is 0.225 e. The number of nitrogens with one attached hydrogen (secondary N) is 1. The van der Waals surface area contributed by atoms with E-state index < -0.39 is 0 Å². The number of likely N-dealkylation sites (tertiary alicyclic amines) is 1. The van der Waals surface area contributed by atoms with Crippen LogP contribution in [0.25, 0.3) is 0 Å². The van der Waals surface area contributed by atoms with E-state index in [1.54, 1.807) is 12.1 Å². The summed E-state index contributed by atoms with van der Waals surface area (Å²) in [5.74, 6) is -0.302. The second kappa shape index (κ2) is 9.21. The van der Waals surface area contributed by atoms with E-state index in [4.69, 9.17) is 0 Å². The van der Waals surface area contributed by atoms with Gasteiger partial charge in [0.1, 0.15) is 5.82 Å². The fraction of sp³-hybridized carbons (Fsp3) is 0.417. The molecule has 5 heteroatoms. The average molecular weight is 397 g/mol. The summed E-state index contributed by atoms with van der Waals surface area (Å²) in [7, 11) is 0. The molecule has 0 saturated carbocycles. The zero-order valence-corrected chi connectivity index (χ0v) is 17.3. The minimum atomic E-state index is -0.298. The molecule has 4 nitrogen and oxygen atoms in total. The Labute approximate surface area is 172 Å². The van der Waals surface area contributed by atoms with Crippen LogP contribution in [0.1, 0.15) is 42.9 Å². The first kappa shape index (κ1) is 21.0. The van der Waals surface area contributed by atoms with E-state index in [1.807, 2.05) is 43.9 Å². The fourth-order valence-corrected chi connectivity index (χ4v) is 3.99. The first-order valence-electron chi connectivity index (χ1n) is 10.2. The highest BCUT2D eigenvalue weighted by Gasteiger charge is 2.40. The molecule has 0 aliphatic carbocycles. The third-order valence-corrected chi connectivity index (χ3v) is 5.56. The first-order valence-corrected chi connectivity index (χ1v) is 10.2. The van der Waals surface area contributed by atoms with Gasteiger partial charge in [-0.2, -0.15) is 0 Å². The standard InChI is InChI=1S/C24H29FN2O2/c1-16(2)12-23(28)27-14-21(20-7-5-4-6-17(20)3)22(15-27)24(29)26-13-18-8-10-19(25)11-9-18/h4-11,16,21-22H,12-15H2,1-3H3,(H,26,29)/t21-,22-/m1/s1. The van der Waals surface area contributed by atoms with Gasteiger partial charge in [-0.05, 0) is 41.7 Å². The van der Waals surface area contributed by atoms with Crippen LogP contribution in [0.3, 0.4) is 0 Å². The van der Waals surface area contributed by atoms with Crippen molar-refractivity contribution in [3.8, 4) is 0 Å². The number of carbonyl (C=O) groups is 2. The third-order valence-electron chi connectivity index (χ3n) is 5.56. The van der Waals surface area contributed by atoms with Gasteiger partial charge in [0, 0.05) is 32.0 Å². The highest BCUT2D eigenvalue weighted by atomic mass is 19.1. The van der Waals surface area contributed by atoms with Crippen LogP contribution in [0.4, 0.5) is 4.39 Å². The van der Waals surface area contributed by atoms with E-state index in [2.05, 4.69) is 11.4 Å². The highest BCUT2D eigenvalue weighted by Crippen LogP contribution is 2.35. The van der Waals surface area contributed by atoms with Gasteiger partial charge >= 0.3 is 0 Å². The number of hydrogen-bond donors (Lipinski definition) is 1. The van der Waals surface area contributed by atoms with Gasteiger partial charge in [-0.15, -0.1) is 0 Å². The molecule has 1 aliphatic rings. The van der Waals surface area contributed by atoms with Crippen molar-refractivity contribution in [2.24, 2.45) is 11.8 Å². The van der Waals surface area contributed by atoms with Crippen molar-refractivity contribution in [1.29, 1.82) is 0 Å². The zero-order chi connectivity index (χ0) is 21.0. The predicted octanol–water partition coefficient (Wildman–Crippen LogP) is 4.04. The molecular formula is C24H29FN2O2. The SMILES string of the molecule is Cc1ccccc1[C@H]1CN(C(=O)CC(C)C)C[C@H]1C(=O)NCc1ccc(F)cc1. The number of carbonyl (C=O) groups excluding carboxylic acids is 2. The second-order valence-corrected chi connectivity index (χ2v) is 8.31. The molecule has 1 aliphatic heterocycles. The van der Waals surface area contributed by atoms with E-state index in [-0.39, 0.29) is 35.4 Å². The number of amides is 2. The van der Waals surface area contributed by atoms with Crippen LogP contribution in [0, 0.1) is 24.6 Å². The van der Waals surface area contributed by atoms with Crippen molar-refractivity contribution in [2.45, 2.75) is 39.7 Å². The van der Waals surface area contributed by atoms with Crippen molar-refractivity contribution < 1.29 is 14.0 Å². The molecule has 1 heterocycles. The number of halogens is 1. The van der Waals surface area contributed by atoms with Gasteiger partial charge in [0.15, 0.2) is 0 Å². The molecule has 2 amide bonds. The van der Waals surface area contributed by atoms with Gasteiger partial charge in [-0.25, -0.2) is 4.39 Å². The highest BCUT2D eigenvalue weighted by molar-refractivity contribution is 5.83. The summed E-state index contributed by atoms with van der Waals surface area (Å²) in [6, 6.07) is 14.2. The van der Waals surface area contributed by atoms with Crippen molar-refractivity contribution in [2.75, 3.05) is 13.1 Å². The Hall–Kier alpha value is -2.69. The molecule has 1 saturated heterocycles. The van der Waals surface area contributed by atoms with Crippen LogP contribution in [-0.4, -0.2) is 29.8 Å². The Morgan fingerprint density at radius 1 is 1.10 bits per heavy atom. The summed E-state index contributed by atoms with van der Waals surface area (Å²) in [4.78, 5) is 27.5. The molecule has 0 aromatic heterocycles. The van der Waals surface area contributed by atoms with Gasteiger partial charge in [0.05, 0.1) is 5.92 Å². The van der Waals surface area contributed by atoms with E-state index >= 15 is 0 Å².